The van der Waals surface area contributed by atoms with Crippen LogP contribution >= 0.6 is 12.0 Å². The molecule has 2 aromatic rings. The maximum atomic E-state index is 12.6. The Balaban J connectivity index is 1.90. The number of benzene rings is 1. The standard InChI is InChI=1S/C20H22FN3O2S/c1-24(2)12-15(11-22)20(25)18-9-14-8-16(13-4-5-13)19(10-17(14)23-18)26-27-7-3-6-21/h8-10,12-13,23H,3-7H2,1-2H3/b15-12+. The van der Waals surface area contributed by atoms with Crippen LogP contribution in [-0.4, -0.2) is 42.2 Å². The summed E-state index contributed by atoms with van der Waals surface area (Å²) >= 11 is 1.25. The van der Waals surface area contributed by atoms with Crippen molar-refractivity contribution in [3.8, 4) is 11.8 Å². The molecule has 1 aliphatic rings. The van der Waals surface area contributed by atoms with E-state index in [0.717, 1.165) is 35.1 Å². The monoisotopic (exact) mass is 387 g/mol. The average molecular weight is 387 g/mol. The third kappa shape index (κ3) is 4.64. The van der Waals surface area contributed by atoms with Gasteiger partial charge in [0.1, 0.15) is 17.4 Å². The number of nitrogens with one attached hydrogen (secondary N) is 1. The Morgan fingerprint density at radius 2 is 2.22 bits per heavy atom. The number of carbonyl (C=O) groups is 1. The van der Waals surface area contributed by atoms with E-state index in [0.29, 0.717) is 23.8 Å². The molecule has 0 saturated heterocycles. The quantitative estimate of drug-likeness (QED) is 0.224. The van der Waals surface area contributed by atoms with Crippen LogP contribution in [0.4, 0.5) is 4.39 Å². The zero-order valence-corrected chi connectivity index (χ0v) is 16.2. The van der Waals surface area contributed by atoms with Gasteiger partial charge in [0.05, 0.1) is 24.4 Å². The van der Waals surface area contributed by atoms with Crippen molar-refractivity contribution in [2.45, 2.75) is 25.2 Å². The number of nitrogens with zero attached hydrogens (tertiary/aromatic N) is 2. The number of rotatable bonds is 9. The highest BCUT2D eigenvalue weighted by Crippen LogP contribution is 2.46. The van der Waals surface area contributed by atoms with E-state index in [1.165, 1.54) is 18.2 Å². The lowest BCUT2D eigenvalue weighted by Gasteiger charge is -2.09. The fraction of sp³-hybridized carbons (Fsp3) is 0.400. The molecule has 0 amide bonds. The van der Waals surface area contributed by atoms with Gasteiger partial charge in [-0.3, -0.25) is 9.18 Å². The van der Waals surface area contributed by atoms with Gasteiger partial charge in [-0.2, -0.15) is 5.26 Å². The molecular weight excluding hydrogens is 365 g/mol. The van der Waals surface area contributed by atoms with Gasteiger partial charge in [-0.15, -0.1) is 0 Å². The lowest BCUT2D eigenvalue weighted by Crippen LogP contribution is -2.09. The summed E-state index contributed by atoms with van der Waals surface area (Å²) in [6.45, 7) is -0.353. The number of allylic oxidation sites excluding steroid dienone is 1. The number of nitriles is 1. The van der Waals surface area contributed by atoms with Crippen LogP contribution in [0, 0.1) is 11.3 Å². The Labute approximate surface area is 162 Å². The van der Waals surface area contributed by atoms with Crippen LogP contribution in [0.1, 0.15) is 41.2 Å². The van der Waals surface area contributed by atoms with Crippen LogP contribution < -0.4 is 4.18 Å². The largest absolute Gasteiger partial charge is 0.425 e. The fourth-order valence-electron chi connectivity index (χ4n) is 2.85. The number of fused-ring (bicyclic) bond motifs is 1. The Kier molecular flexibility index (Phi) is 6.07. The molecule has 3 rings (SSSR count). The molecule has 0 spiro atoms. The summed E-state index contributed by atoms with van der Waals surface area (Å²) in [7, 11) is 3.53. The van der Waals surface area contributed by atoms with Crippen LogP contribution in [0.2, 0.25) is 0 Å². The minimum atomic E-state index is -0.353. The molecule has 0 unspecified atom stereocenters. The zero-order chi connectivity index (χ0) is 19.4. The molecule has 0 bridgehead atoms. The highest BCUT2D eigenvalue weighted by atomic mass is 32.2. The third-order valence-corrected chi connectivity index (χ3v) is 5.03. The molecule has 1 aromatic carbocycles. The predicted molar refractivity (Wildman–Crippen MR) is 106 cm³/mol. The van der Waals surface area contributed by atoms with Crippen LogP contribution in [0.15, 0.2) is 30.0 Å². The normalized spacial score (nSPS) is 14.2. The number of H-pyrrole nitrogens is 1. The van der Waals surface area contributed by atoms with Gasteiger partial charge in [-0.25, -0.2) is 0 Å². The van der Waals surface area contributed by atoms with E-state index in [-0.39, 0.29) is 18.0 Å². The van der Waals surface area contributed by atoms with Crippen molar-refractivity contribution in [1.82, 2.24) is 9.88 Å². The van der Waals surface area contributed by atoms with Gasteiger partial charge >= 0.3 is 0 Å². The first-order valence-electron chi connectivity index (χ1n) is 8.88. The molecule has 0 radical (unpaired) electrons. The minimum Gasteiger partial charge on any atom is -0.425 e. The zero-order valence-electron chi connectivity index (χ0n) is 15.4. The lowest BCUT2D eigenvalue weighted by molar-refractivity contribution is 0.103. The molecule has 1 saturated carbocycles. The van der Waals surface area contributed by atoms with Gasteiger partial charge < -0.3 is 14.1 Å². The number of hydrogen-bond donors (Lipinski definition) is 1. The van der Waals surface area contributed by atoms with Crippen molar-refractivity contribution in [2.75, 3.05) is 26.5 Å². The summed E-state index contributed by atoms with van der Waals surface area (Å²) in [4.78, 5) is 17.4. The van der Waals surface area contributed by atoms with Gasteiger partial charge in [0.2, 0.25) is 5.78 Å². The second-order valence-corrected chi connectivity index (χ2v) is 7.64. The number of halogens is 1. The fourth-order valence-corrected chi connectivity index (χ4v) is 3.43. The summed E-state index contributed by atoms with van der Waals surface area (Å²) in [6.07, 6.45) is 4.22. The van der Waals surface area contributed by atoms with Crippen molar-refractivity contribution in [3.63, 3.8) is 0 Å². The first-order valence-corrected chi connectivity index (χ1v) is 9.79. The number of aromatic nitrogens is 1. The van der Waals surface area contributed by atoms with Gasteiger partial charge in [0.25, 0.3) is 0 Å². The average Bonchev–Trinajstić information content (AvgIpc) is 3.41. The Morgan fingerprint density at radius 3 is 2.85 bits per heavy atom. The number of aromatic amines is 1. The van der Waals surface area contributed by atoms with E-state index in [2.05, 4.69) is 4.98 Å². The SMILES string of the molecule is CN(C)/C=C(\C#N)C(=O)c1cc2cc(C3CC3)c(OSCCCF)cc2[nH]1. The molecule has 27 heavy (non-hydrogen) atoms. The van der Waals surface area contributed by atoms with E-state index in [1.807, 2.05) is 18.2 Å². The molecule has 1 aliphatic carbocycles. The molecule has 7 heteroatoms. The van der Waals surface area contributed by atoms with E-state index in [9.17, 15) is 14.4 Å². The van der Waals surface area contributed by atoms with Crippen LogP contribution in [0.3, 0.4) is 0 Å². The first-order chi connectivity index (χ1) is 13.0. The number of ketones is 1. The van der Waals surface area contributed by atoms with Crippen LogP contribution in [0.25, 0.3) is 10.9 Å². The van der Waals surface area contributed by atoms with Gasteiger partial charge in [-0.05, 0) is 42.9 Å². The Morgan fingerprint density at radius 1 is 1.44 bits per heavy atom. The molecule has 142 valence electrons. The van der Waals surface area contributed by atoms with Crippen molar-refractivity contribution < 1.29 is 13.4 Å². The van der Waals surface area contributed by atoms with Gasteiger partial charge in [-0.1, -0.05) is 0 Å². The second kappa shape index (κ2) is 8.49. The summed E-state index contributed by atoms with van der Waals surface area (Å²) in [5.41, 5.74) is 2.36. The molecule has 1 heterocycles. The third-order valence-electron chi connectivity index (χ3n) is 4.28. The van der Waals surface area contributed by atoms with Crippen LogP contribution in [-0.2, 0) is 0 Å². The van der Waals surface area contributed by atoms with E-state index in [1.54, 1.807) is 25.1 Å². The van der Waals surface area contributed by atoms with E-state index < -0.39 is 0 Å². The number of carbonyl (C=O) groups excluding carboxylic acids is 1. The van der Waals surface area contributed by atoms with E-state index >= 15 is 0 Å². The van der Waals surface area contributed by atoms with E-state index in [4.69, 9.17) is 4.18 Å². The highest BCUT2D eigenvalue weighted by molar-refractivity contribution is 7.95. The molecule has 0 aliphatic heterocycles. The Bertz CT molecular complexity index is 910. The van der Waals surface area contributed by atoms with Crippen molar-refractivity contribution in [1.29, 1.82) is 5.26 Å². The van der Waals surface area contributed by atoms with Crippen molar-refractivity contribution >= 4 is 28.7 Å². The van der Waals surface area contributed by atoms with Crippen LogP contribution in [0.5, 0.6) is 5.75 Å². The molecule has 1 aromatic heterocycles. The number of hydrogen-bond acceptors (Lipinski definition) is 5. The topological polar surface area (TPSA) is 69.1 Å². The number of Topliss-reactive ketones (excluding diaryl/α,β-unsaturated/α-hetero) is 1. The minimum absolute atomic E-state index is 0.0761. The second-order valence-electron chi connectivity index (χ2n) is 6.83. The summed E-state index contributed by atoms with van der Waals surface area (Å²) in [5, 5.41) is 10.2. The van der Waals surface area contributed by atoms with Gasteiger partial charge in [0.15, 0.2) is 0 Å². The Hall–Kier alpha value is -2.46. The predicted octanol–water partition coefficient (Wildman–Crippen LogP) is 4.58. The van der Waals surface area contributed by atoms with Gasteiger partial charge in [0, 0.05) is 43.0 Å². The lowest BCUT2D eigenvalue weighted by atomic mass is 10.1. The van der Waals surface area contributed by atoms with Crippen molar-refractivity contribution in [3.05, 3.63) is 41.2 Å². The first kappa shape index (κ1) is 19.3. The highest BCUT2D eigenvalue weighted by Gasteiger charge is 2.28. The van der Waals surface area contributed by atoms with Crippen molar-refractivity contribution in [2.24, 2.45) is 0 Å². The summed E-state index contributed by atoms with van der Waals surface area (Å²) < 4.78 is 18.1. The molecular formula is C20H22FN3O2S. The maximum Gasteiger partial charge on any atom is 0.221 e. The smallest absolute Gasteiger partial charge is 0.221 e. The maximum absolute atomic E-state index is 12.6. The summed E-state index contributed by atoms with van der Waals surface area (Å²) in [5.74, 6) is 1.49. The molecule has 1 fully saturated rings. The number of alkyl halides is 1. The molecule has 5 nitrogen and oxygen atoms in total. The molecule has 1 N–H and O–H groups in total. The molecule has 0 atom stereocenters. The summed E-state index contributed by atoms with van der Waals surface area (Å²) in [6, 6.07) is 7.68.